The molecule has 8 heteroatoms. The van der Waals surface area contributed by atoms with Crippen LogP contribution in [0.2, 0.25) is 4.34 Å². The SMILES string of the molecule is O=S(=O)([O-])Nc1ccsc1Cl.[Na+]. The third kappa shape index (κ3) is 4.08. The summed E-state index contributed by atoms with van der Waals surface area (Å²) in [5.41, 5.74) is 0.131. The van der Waals surface area contributed by atoms with Gasteiger partial charge in [-0.3, -0.25) is 4.72 Å². The summed E-state index contributed by atoms with van der Waals surface area (Å²) in [6.07, 6.45) is 0. The van der Waals surface area contributed by atoms with E-state index in [1.165, 1.54) is 6.07 Å². The molecule has 0 aliphatic heterocycles. The van der Waals surface area contributed by atoms with E-state index in [2.05, 4.69) is 0 Å². The van der Waals surface area contributed by atoms with E-state index >= 15 is 0 Å². The second-order valence-corrected chi connectivity index (χ2v) is 4.29. The Morgan fingerprint density at radius 2 is 2.17 bits per heavy atom. The van der Waals surface area contributed by atoms with Gasteiger partial charge in [-0.2, -0.15) is 0 Å². The molecule has 0 aliphatic rings. The molecular weight excluding hydrogens is 233 g/mol. The molecule has 1 heterocycles. The first-order valence-corrected chi connectivity index (χ1v) is 5.12. The van der Waals surface area contributed by atoms with Crippen LogP contribution in [-0.2, 0) is 10.3 Å². The monoisotopic (exact) mass is 235 g/mol. The quantitative estimate of drug-likeness (QED) is 0.490. The first kappa shape index (κ1) is 12.7. The van der Waals surface area contributed by atoms with E-state index < -0.39 is 10.3 Å². The van der Waals surface area contributed by atoms with Gasteiger partial charge >= 0.3 is 29.6 Å². The Labute approximate surface area is 101 Å². The zero-order valence-corrected chi connectivity index (χ0v) is 10.5. The van der Waals surface area contributed by atoms with Gasteiger partial charge < -0.3 is 4.55 Å². The van der Waals surface area contributed by atoms with Crippen molar-refractivity contribution in [2.45, 2.75) is 0 Å². The molecule has 0 amide bonds. The van der Waals surface area contributed by atoms with Crippen molar-refractivity contribution in [1.29, 1.82) is 0 Å². The molecule has 0 bridgehead atoms. The molecule has 0 saturated carbocycles. The first-order valence-electron chi connectivity index (χ1n) is 2.45. The van der Waals surface area contributed by atoms with Crippen molar-refractivity contribution < 1.29 is 42.5 Å². The van der Waals surface area contributed by atoms with E-state index in [9.17, 15) is 13.0 Å². The van der Waals surface area contributed by atoms with Gasteiger partial charge in [0.25, 0.3) is 0 Å². The maximum atomic E-state index is 10.1. The average Bonchev–Trinajstić information content (AvgIpc) is 2.12. The Bertz CT molecular complexity index is 349. The van der Waals surface area contributed by atoms with E-state index in [4.69, 9.17) is 11.6 Å². The molecule has 4 nitrogen and oxygen atoms in total. The summed E-state index contributed by atoms with van der Waals surface area (Å²) in [5, 5.41) is 1.58. The minimum absolute atomic E-state index is 0. The number of hydrogen-bond acceptors (Lipinski definition) is 4. The zero-order valence-electron chi connectivity index (χ0n) is 6.07. The van der Waals surface area contributed by atoms with Crippen molar-refractivity contribution in [3.63, 3.8) is 0 Å². The smallest absolute Gasteiger partial charge is 0.731 e. The van der Waals surface area contributed by atoms with Crippen LogP contribution in [0, 0.1) is 0 Å². The Kier molecular flexibility index (Phi) is 5.08. The summed E-state index contributed by atoms with van der Waals surface area (Å²) in [4.78, 5) is 0. The molecule has 1 aromatic rings. The first-order chi connectivity index (χ1) is 4.99. The van der Waals surface area contributed by atoms with Crippen molar-refractivity contribution in [3.8, 4) is 0 Å². The van der Waals surface area contributed by atoms with Crippen LogP contribution in [-0.4, -0.2) is 13.0 Å². The molecule has 1 N–H and O–H groups in total. The Balaban J connectivity index is 0.00000121. The summed E-state index contributed by atoms with van der Waals surface area (Å²) in [6.45, 7) is 0. The second kappa shape index (κ2) is 4.80. The van der Waals surface area contributed by atoms with Crippen molar-refractivity contribution >= 4 is 38.9 Å². The fraction of sp³-hybridized carbons (Fsp3) is 0. The Morgan fingerprint density at radius 1 is 1.58 bits per heavy atom. The number of hydrogen-bond donors (Lipinski definition) is 1. The van der Waals surface area contributed by atoms with Crippen molar-refractivity contribution in [2.24, 2.45) is 0 Å². The van der Waals surface area contributed by atoms with Crippen LogP contribution in [0.5, 0.6) is 0 Å². The van der Waals surface area contributed by atoms with Crippen LogP contribution in [0.15, 0.2) is 11.4 Å². The molecule has 62 valence electrons. The van der Waals surface area contributed by atoms with E-state index in [1.54, 1.807) is 10.1 Å². The molecule has 0 spiro atoms. The van der Waals surface area contributed by atoms with Crippen molar-refractivity contribution in [2.75, 3.05) is 4.72 Å². The Morgan fingerprint density at radius 3 is 2.50 bits per heavy atom. The van der Waals surface area contributed by atoms with Gasteiger partial charge in [-0.15, -0.1) is 11.3 Å². The van der Waals surface area contributed by atoms with Crippen LogP contribution in [0.4, 0.5) is 5.69 Å². The van der Waals surface area contributed by atoms with Gasteiger partial charge in [0.15, 0.2) is 10.3 Å². The molecule has 0 saturated heterocycles. The average molecular weight is 236 g/mol. The van der Waals surface area contributed by atoms with Gasteiger partial charge in [0.2, 0.25) is 0 Å². The summed E-state index contributed by atoms with van der Waals surface area (Å²) in [6, 6.07) is 1.42. The maximum Gasteiger partial charge on any atom is 1.00 e. The van der Waals surface area contributed by atoms with Crippen molar-refractivity contribution in [3.05, 3.63) is 15.8 Å². The number of anilines is 1. The molecule has 0 atom stereocenters. The molecular formula is C4H3ClNNaO3S2. The molecule has 0 radical (unpaired) electrons. The third-order valence-corrected chi connectivity index (χ3v) is 2.49. The fourth-order valence-corrected chi connectivity index (χ4v) is 1.89. The third-order valence-electron chi connectivity index (χ3n) is 0.853. The van der Waals surface area contributed by atoms with E-state index in [0.717, 1.165) is 11.3 Å². The summed E-state index contributed by atoms with van der Waals surface area (Å²) >= 11 is 6.64. The van der Waals surface area contributed by atoms with Crippen LogP contribution in [0.25, 0.3) is 0 Å². The van der Waals surface area contributed by atoms with Crippen LogP contribution in [0.3, 0.4) is 0 Å². The number of nitrogens with one attached hydrogen (secondary N) is 1. The van der Waals surface area contributed by atoms with Gasteiger partial charge in [-0.1, -0.05) is 11.6 Å². The molecule has 0 aliphatic carbocycles. The topological polar surface area (TPSA) is 69.2 Å². The maximum absolute atomic E-state index is 10.1. The zero-order chi connectivity index (χ0) is 8.48. The van der Waals surface area contributed by atoms with Crippen LogP contribution >= 0.6 is 22.9 Å². The standard InChI is InChI=1S/C4H4ClNO3S2.Na/c5-4-3(1-2-10-4)6-11(7,8)9;/h1-2,6H,(H,7,8,9);/q;+1/p-1. The summed E-state index contributed by atoms with van der Waals surface area (Å²) in [7, 11) is -4.45. The van der Waals surface area contributed by atoms with Gasteiger partial charge in [0.05, 0.1) is 5.69 Å². The molecule has 0 unspecified atom stereocenters. The largest absolute Gasteiger partial charge is 1.00 e. The predicted molar refractivity (Wildman–Crippen MR) is 42.6 cm³/mol. The number of rotatable bonds is 2. The van der Waals surface area contributed by atoms with Gasteiger partial charge in [0.1, 0.15) is 4.34 Å². The molecule has 0 aromatic carbocycles. The predicted octanol–water partition coefficient (Wildman–Crippen LogP) is -1.72. The second-order valence-electron chi connectivity index (χ2n) is 1.66. The van der Waals surface area contributed by atoms with Gasteiger partial charge in [0, 0.05) is 0 Å². The van der Waals surface area contributed by atoms with Crippen LogP contribution < -0.4 is 34.3 Å². The van der Waals surface area contributed by atoms with Crippen LogP contribution in [0.1, 0.15) is 0 Å². The van der Waals surface area contributed by atoms with Crippen molar-refractivity contribution in [1.82, 2.24) is 0 Å². The fourth-order valence-electron chi connectivity index (χ4n) is 0.500. The van der Waals surface area contributed by atoms with Gasteiger partial charge in [-0.25, -0.2) is 8.42 Å². The molecule has 12 heavy (non-hydrogen) atoms. The number of thiophene rings is 1. The van der Waals surface area contributed by atoms with E-state index in [0.29, 0.717) is 0 Å². The molecule has 1 rings (SSSR count). The number of halogens is 1. The minimum atomic E-state index is -4.45. The van der Waals surface area contributed by atoms with E-state index in [1.807, 2.05) is 0 Å². The van der Waals surface area contributed by atoms with E-state index in [-0.39, 0.29) is 39.6 Å². The molecule has 1 aromatic heterocycles. The minimum Gasteiger partial charge on any atom is -0.731 e. The summed E-state index contributed by atoms with van der Waals surface area (Å²) in [5.74, 6) is 0. The summed E-state index contributed by atoms with van der Waals surface area (Å²) < 4.78 is 32.4. The molecule has 0 fully saturated rings. The Hall–Kier alpha value is 0.700. The normalized spacial score (nSPS) is 10.5. The van der Waals surface area contributed by atoms with Gasteiger partial charge in [-0.05, 0) is 11.4 Å².